The lowest BCUT2D eigenvalue weighted by molar-refractivity contribution is 0.318. The van der Waals surface area contributed by atoms with E-state index in [1.165, 1.54) is 44.9 Å². The van der Waals surface area contributed by atoms with Crippen LogP contribution in [-0.2, 0) is 0 Å². The van der Waals surface area contributed by atoms with E-state index in [9.17, 15) is 0 Å². The van der Waals surface area contributed by atoms with Crippen molar-refractivity contribution in [3.05, 3.63) is 0 Å². The molecule has 0 unspecified atom stereocenters. The second-order valence-electron chi connectivity index (χ2n) is 3.08. The largest absolute Gasteiger partial charge is 0.397 e. The summed E-state index contributed by atoms with van der Waals surface area (Å²) in [6.45, 7) is 6.46. The summed E-state index contributed by atoms with van der Waals surface area (Å²) in [6.07, 6.45) is 9.97. The first kappa shape index (κ1) is 14.5. The van der Waals surface area contributed by atoms with Crippen molar-refractivity contribution in [3.63, 3.8) is 0 Å². The first-order valence-electron chi connectivity index (χ1n) is 5.44. The molecule has 0 aromatic heterocycles. The summed E-state index contributed by atoms with van der Waals surface area (Å²) < 4.78 is 0. The van der Waals surface area contributed by atoms with Crippen molar-refractivity contribution in [3.8, 4) is 0 Å². The number of unbranched alkanes of at least 4 members (excludes halogenated alkanes) is 6. The molecule has 0 bridgehead atoms. The van der Waals surface area contributed by atoms with Crippen LogP contribution in [0.3, 0.4) is 0 Å². The van der Waals surface area contributed by atoms with Gasteiger partial charge in [-0.3, -0.25) is 0 Å². The van der Waals surface area contributed by atoms with Crippen LogP contribution in [0.25, 0.3) is 0 Å². The van der Waals surface area contributed by atoms with Gasteiger partial charge in [-0.15, -0.1) is 0 Å². The van der Waals surface area contributed by atoms with E-state index in [0.717, 1.165) is 0 Å². The predicted molar refractivity (Wildman–Crippen MR) is 56.4 cm³/mol. The van der Waals surface area contributed by atoms with Crippen molar-refractivity contribution in [2.45, 2.75) is 65.7 Å². The van der Waals surface area contributed by atoms with Gasteiger partial charge in [0.1, 0.15) is 0 Å². The molecule has 76 valence electrons. The third-order valence-corrected chi connectivity index (χ3v) is 1.71. The van der Waals surface area contributed by atoms with Gasteiger partial charge >= 0.3 is 0 Å². The van der Waals surface area contributed by atoms with Crippen molar-refractivity contribution >= 4 is 0 Å². The van der Waals surface area contributed by atoms with E-state index in [2.05, 4.69) is 13.8 Å². The number of hydrogen-bond donors (Lipinski definition) is 1. The van der Waals surface area contributed by atoms with Gasteiger partial charge in [0.25, 0.3) is 0 Å². The van der Waals surface area contributed by atoms with Crippen molar-refractivity contribution in [1.29, 1.82) is 0 Å². The molecular formula is C11H26O. The van der Waals surface area contributed by atoms with E-state index in [-0.39, 0.29) is 6.61 Å². The molecule has 0 aliphatic heterocycles. The molecule has 0 radical (unpaired) electrons. The van der Waals surface area contributed by atoms with Crippen LogP contribution >= 0.6 is 0 Å². The SMILES string of the molecule is CCCCCCCCC.CCO. The van der Waals surface area contributed by atoms with E-state index in [1.807, 2.05) is 0 Å². The van der Waals surface area contributed by atoms with Gasteiger partial charge < -0.3 is 5.11 Å². The number of aliphatic hydroxyl groups is 1. The van der Waals surface area contributed by atoms with E-state index in [0.29, 0.717) is 0 Å². The molecule has 0 spiro atoms. The van der Waals surface area contributed by atoms with E-state index >= 15 is 0 Å². The summed E-state index contributed by atoms with van der Waals surface area (Å²) in [6, 6.07) is 0. The molecule has 0 heterocycles. The first-order valence-corrected chi connectivity index (χ1v) is 5.44. The van der Waals surface area contributed by atoms with Crippen LogP contribution in [0.2, 0.25) is 0 Å². The lowest BCUT2D eigenvalue weighted by Gasteiger charge is -1.96. The normalized spacial score (nSPS) is 9.00. The van der Waals surface area contributed by atoms with Crippen LogP contribution in [0.15, 0.2) is 0 Å². The van der Waals surface area contributed by atoms with Crippen molar-refractivity contribution in [2.75, 3.05) is 6.61 Å². The Hall–Kier alpha value is -0.0400. The van der Waals surface area contributed by atoms with Crippen LogP contribution in [0.1, 0.15) is 65.7 Å². The fourth-order valence-electron chi connectivity index (χ4n) is 1.03. The summed E-state index contributed by atoms with van der Waals surface area (Å²) in [5.74, 6) is 0. The Morgan fingerprint density at radius 1 is 0.667 bits per heavy atom. The average Bonchev–Trinajstić information content (AvgIpc) is 2.06. The maximum atomic E-state index is 7.57. The van der Waals surface area contributed by atoms with Gasteiger partial charge in [0.15, 0.2) is 0 Å². The van der Waals surface area contributed by atoms with E-state index in [1.54, 1.807) is 6.92 Å². The molecule has 0 rings (SSSR count). The van der Waals surface area contributed by atoms with Crippen molar-refractivity contribution in [2.24, 2.45) is 0 Å². The lowest BCUT2D eigenvalue weighted by Crippen LogP contribution is -1.76. The topological polar surface area (TPSA) is 20.2 Å². The summed E-state index contributed by atoms with van der Waals surface area (Å²) in [7, 11) is 0. The van der Waals surface area contributed by atoms with E-state index in [4.69, 9.17) is 5.11 Å². The molecule has 0 atom stereocenters. The molecule has 0 aliphatic carbocycles. The molecule has 0 aromatic carbocycles. The highest BCUT2D eigenvalue weighted by molar-refractivity contribution is 4.41. The van der Waals surface area contributed by atoms with Crippen LogP contribution in [0.5, 0.6) is 0 Å². The maximum Gasteiger partial charge on any atom is 0.0402 e. The molecule has 0 fully saturated rings. The summed E-state index contributed by atoms with van der Waals surface area (Å²) in [5.41, 5.74) is 0. The van der Waals surface area contributed by atoms with Crippen LogP contribution < -0.4 is 0 Å². The summed E-state index contributed by atoms with van der Waals surface area (Å²) >= 11 is 0. The van der Waals surface area contributed by atoms with Gasteiger partial charge in [-0.2, -0.15) is 0 Å². The van der Waals surface area contributed by atoms with Gasteiger partial charge in [-0.25, -0.2) is 0 Å². The third-order valence-electron chi connectivity index (χ3n) is 1.71. The minimum atomic E-state index is 0.250. The second-order valence-corrected chi connectivity index (χ2v) is 3.08. The monoisotopic (exact) mass is 174 g/mol. The highest BCUT2D eigenvalue weighted by Gasteiger charge is 1.85. The zero-order chi connectivity index (χ0) is 9.66. The Kier molecular flexibility index (Phi) is 20.7. The minimum Gasteiger partial charge on any atom is -0.397 e. The highest BCUT2D eigenvalue weighted by Crippen LogP contribution is 2.05. The van der Waals surface area contributed by atoms with Gasteiger partial charge in [0.2, 0.25) is 0 Å². The molecule has 0 amide bonds. The Morgan fingerprint density at radius 2 is 0.917 bits per heavy atom. The summed E-state index contributed by atoms with van der Waals surface area (Å²) in [5, 5.41) is 7.57. The third kappa shape index (κ3) is 22.5. The van der Waals surface area contributed by atoms with Crippen molar-refractivity contribution < 1.29 is 5.11 Å². The molecule has 12 heavy (non-hydrogen) atoms. The van der Waals surface area contributed by atoms with Gasteiger partial charge in [0.05, 0.1) is 0 Å². The zero-order valence-corrected chi connectivity index (χ0v) is 9.10. The molecule has 1 nitrogen and oxygen atoms in total. The van der Waals surface area contributed by atoms with Gasteiger partial charge in [0, 0.05) is 6.61 Å². The fraction of sp³-hybridized carbons (Fsp3) is 1.00. The van der Waals surface area contributed by atoms with Crippen LogP contribution in [-0.4, -0.2) is 11.7 Å². The zero-order valence-electron chi connectivity index (χ0n) is 9.10. The standard InChI is InChI=1S/C9H20.C2H6O/c1-3-5-7-9-8-6-4-2;1-2-3/h3-9H2,1-2H3;3H,2H2,1H3. The number of aliphatic hydroxyl groups excluding tert-OH is 1. The van der Waals surface area contributed by atoms with Crippen LogP contribution in [0.4, 0.5) is 0 Å². The Balaban J connectivity index is 0. The highest BCUT2D eigenvalue weighted by atomic mass is 16.2. The summed E-state index contributed by atoms with van der Waals surface area (Å²) in [4.78, 5) is 0. The minimum absolute atomic E-state index is 0.250. The number of hydrogen-bond acceptors (Lipinski definition) is 1. The average molecular weight is 174 g/mol. The predicted octanol–water partition coefficient (Wildman–Crippen LogP) is 3.76. The molecule has 1 N–H and O–H groups in total. The molecule has 0 saturated carbocycles. The fourth-order valence-corrected chi connectivity index (χ4v) is 1.03. The first-order chi connectivity index (χ1) is 5.83. The van der Waals surface area contributed by atoms with Gasteiger partial charge in [-0.1, -0.05) is 58.8 Å². The molecule has 0 aromatic rings. The quantitative estimate of drug-likeness (QED) is 0.608. The maximum absolute atomic E-state index is 7.57. The van der Waals surface area contributed by atoms with Crippen molar-refractivity contribution in [1.82, 2.24) is 0 Å². The Labute approximate surface area is 78.2 Å². The lowest BCUT2D eigenvalue weighted by atomic mass is 10.1. The Bertz CT molecular complexity index is 47.0. The van der Waals surface area contributed by atoms with Crippen LogP contribution in [0, 0.1) is 0 Å². The van der Waals surface area contributed by atoms with E-state index < -0.39 is 0 Å². The smallest absolute Gasteiger partial charge is 0.0402 e. The molecule has 0 aliphatic rings. The molecule has 1 heteroatoms. The Morgan fingerprint density at radius 3 is 1.17 bits per heavy atom. The molecular weight excluding hydrogens is 148 g/mol. The second kappa shape index (κ2) is 17.2. The molecule has 0 saturated heterocycles. The number of rotatable bonds is 6. The van der Waals surface area contributed by atoms with Gasteiger partial charge in [-0.05, 0) is 6.92 Å².